The van der Waals surface area contributed by atoms with Gasteiger partial charge >= 0.3 is 5.97 Å². The van der Waals surface area contributed by atoms with E-state index >= 15 is 0 Å². The highest BCUT2D eigenvalue weighted by atomic mass is 16.6. The number of hydrogen-bond donors (Lipinski definition) is 1. The van der Waals surface area contributed by atoms with Gasteiger partial charge in [-0.05, 0) is 33.8 Å². The van der Waals surface area contributed by atoms with Gasteiger partial charge in [0, 0.05) is 6.20 Å². The summed E-state index contributed by atoms with van der Waals surface area (Å²) in [5.74, 6) is -0.402. The lowest BCUT2D eigenvalue weighted by Crippen LogP contribution is -2.40. The molecule has 0 aromatic carbocycles. The van der Waals surface area contributed by atoms with Crippen LogP contribution in [0, 0.1) is 6.92 Å². The molecule has 1 atom stereocenters. The van der Waals surface area contributed by atoms with E-state index in [1.54, 1.807) is 10.9 Å². The fourth-order valence-electron chi connectivity index (χ4n) is 1.22. The van der Waals surface area contributed by atoms with Gasteiger partial charge in [0.05, 0.1) is 12.2 Å². The first kappa shape index (κ1) is 12.7. The Morgan fingerprint density at radius 3 is 2.69 bits per heavy atom. The van der Waals surface area contributed by atoms with Crippen LogP contribution in [0.4, 0.5) is 0 Å². The molecule has 2 N–H and O–H groups in total. The standard InChI is InChI=1S/C11H19N3O2/c1-8-5-6-14(13-8)7-9(12)10(15)16-11(2,3)4/h5-6,9H,7,12H2,1-4H3. The number of carbonyl (C=O) groups excluding carboxylic acids is 1. The van der Waals surface area contributed by atoms with Gasteiger partial charge in [-0.15, -0.1) is 0 Å². The quantitative estimate of drug-likeness (QED) is 0.774. The van der Waals surface area contributed by atoms with Gasteiger partial charge in [-0.1, -0.05) is 0 Å². The summed E-state index contributed by atoms with van der Waals surface area (Å²) in [7, 11) is 0. The summed E-state index contributed by atoms with van der Waals surface area (Å²) in [4.78, 5) is 11.6. The molecule has 1 aromatic heterocycles. The fourth-order valence-corrected chi connectivity index (χ4v) is 1.22. The highest BCUT2D eigenvalue weighted by Crippen LogP contribution is 2.08. The van der Waals surface area contributed by atoms with Crippen LogP contribution in [0.25, 0.3) is 0 Å². The predicted octanol–water partition coefficient (Wildman–Crippen LogP) is 0.861. The zero-order chi connectivity index (χ0) is 12.3. The highest BCUT2D eigenvalue weighted by molar-refractivity contribution is 5.75. The lowest BCUT2D eigenvalue weighted by Gasteiger charge is -2.22. The SMILES string of the molecule is Cc1ccn(CC(N)C(=O)OC(C)(C)C)n1. The van der Waals surface area contributed by atoms with E-state index in [4.69, 9.17) is 10.5 Å². The van der Waals surface area contributed by atoms with Crippen molar-refractivity contribution >= 4 is 5.97 Å². The van der Waals surface area contributed by atoms with Crippen molar-refractivity contribution in [3.05, 3.63) is 18.0 Å². The average molecular weight is 225 g/mol. The van der Waals surface area contributed by atoms with Crippen LogP contribution in [-0.4, -0.2) is 27.4 Å². The van der Waals surface area contributed by atoms with Crippen molar-refractivity contribution < 1.29 is 9.53 Å². The molecule has 0 bridgehead atoms. The summed E-state index contributed by atoms with van der Waals surface area (Å²) in [6.45, 7) is 7.67. The van der Waals surface area contributed by atoms with Crippen molar-refractivity contribution in [3.8, 4) is 0 Å². The van der Waals surface area contributed by atoms with E-state index in [0.717, 1.165) is 5.69 Å². The van der Waals surface area contributed by atoms with E-state index in [-0.39, 0.29) is 0 Å². The molecule has 1 aromatic rings. The largest absolute Gasteiger partial charge is 0.459 e. The number of nitrogens with two attached hydrogens (primary N) is 1. The molecule has 0 aliphatic heterocycles. The Balaban J connectivity index is 2.52. The van der Waals surface area contributed by atoms with Gasteiger partial charge in [-0.2, -0.15) is 5.10 Å². The van der Waals surface area contributed by atoms with Crippen LogP contribution in [0.1, 0.15) is 26.5 Å². The highest BCUT2D eigenvalue weighted by Gasteiger charge is 2.22. The maximum absolute atomic E-state index is 11.6. The van der Waals surface area contributed by atoms with Gasteiger partial charge in [0.15, 0.2) is 0 Å². The van der Waals surface area contributed by atoms with Crippen molar-refractivity contribution in [2.75, 3.05) is 0 Å². The number of ether oxygens (including phenoxy) is 1. The van der Waals surface area contributed by atoms with Crippen LogP contribution >= 0.6 is 0 Å². The first-order chi connectivity index (χ1) is 7.28. The summed E-state index contributed by atoms with van der Waals surface area (Å²) in [5.41, 5.74) is 6.12. The predicted molar refractivity (Wildman–Crippen MR) is 60.8 cm³/mol. The Morgan fingerprint density at radius 2 is 2.25 bits per heavy atom. The minimum Gasteiger partial charge on any atom is -0.459 e. The van der Waals surface area contributed by atoms with Crippen molar-refractivity contribution in [2.24, 2.45) is 5.73 Å². The second kappa shape index (κ2) is 4.65. The van der Waals surface area contributed by atoms with E-state index in [1.807, 2.05) is 33.8 Å². The van der Waals surface area contributed by atoms with E-state index in [2.05, 4.69) is 5.10 Å². The van der Waals surface area contributed by atoms with E-state index in [0.29, 0.717) is 6.54 Å². The summed E-state index contributed by atoms with van der Waals surface area (Å²) in [5, 5.41) is 4.16. The molecule has 0 spiro atoms. The van der Waals surface area contributed by atoms with Gasteiger partial charge in [0.2, 0.25) is 0 Å². The molecular weight excluding hydrogens is 206 g/mol. The zero-order valence-electron chi connectivity index (χ0n) is 10.2. The average Bonchev–Trinajstić information content (AvgIpc) is 2.48. The number of aromatic nitrogens is 2. The molecule has 5 nitrogen and oxygen atoms in total. The third kappa shape index (κ3) is 4.02. The second-order valence-electron chi connectivity index (χ2n) is 4.82. The van der Waals surface area contributed by atoms with Crippen LogP contribution < -0.4 is 5.73 Å². The molecule has 0 saturated heterocycles. The molecule has 0 saturated carbocycles. The van der Waals surface area contributed by atoms with Gasteiger partial charge in [0.25, 0.3) is 0 Å². The maximum Gasteiger partial charge on any atom is 0.325 e. The molecule has 0 radical (unpaired) electrons. The van der Waals surface area contributed by atoms with E-state index < -0.39 is 17.6 Å². The molecule has 1 heterocycles. The van der Waals surface area contributed by atoms with E-state index in [9.17, 15) is 4.79 Å². The molecule has 1 rings (SSSR count). The summed E-state index contributed by atoms with van der Waals surface area (Å²) in [6.07, 6.45) is 1.79. The maximum atomic E-state index is 11.6. The van der Waals surface area contributed by atoms with Crippen molar-refractivity contribution in [3.63, 3.8) is 0 Å². The molecule has 0 amide bonds. The lowest BCUT2D eigenvalue weighted by molar-refractivity contribution is -0.156. The molecule has 90 valence electrons. The van der Waals surface area contributed by atoms with E-state index in [1.165, 1.54) is 0 Å². The number of carbonyl (C=O) groups is 1. The van der Waals surface area contributed by atoms with Gasteiger partial charge < -0.3 is 10.5 Å². The smallest absolute Gasteiger partial charge is 0.325 e. The van der Waals surface area contributed by atoms with Crippen molar-refractivity contribution in [2.45, 2.75) is 45.9 Å². The molecule has 5 heteroatoms. The zero-order valence-corrected chi connectivity index (χ0v) is 10.2. The van der Waals surface area contributed by atoms with Crippen LogP contribution in [0.2, 0.25) is 0 Å². The van der Waals surface area contributed by atoms with Crippen molar-refractivity contribution in [1.29, 1.82) is 0 Å². The van der Waals surface area contributed by atoms with Crippen LogP contribution in [-0.2, 0) is 16.1 Å². The van der Waals surface area contributed by atoms with Crippen molar-refractivity contribution in [1.82, 2.24) is 9.78 Å². The minimum absolute atomic E-state index is 0.336. The summed E-state index contributed by atoms with van der Waals surface area (Å²) >= 11 is 0. The molecule has 1 unspecified atom stereocenters. The van der Waals surface area contributed by atoms with Crippen LogP contribution in [0.3, 0.4) is 0 Å². The van der Waals surface area contributed by atoms with Crippen LogP contribution in [0.15, 0.2) is 12.3 Å². The Labute approximate surface area is 95.6 Å². The first-order valence-corrected chi connectivity index (χ1v) is 5.26. The third-order valence-electron chi connectivity index (χ3n) is 1.87. The monoisotopic (exact) mass is 225 g/mol. The topological polar surface area (TPSA) is 70.1 Å². The third-order valence-corrected chi connectivity index (χ3v) is 1.87. The summed E-state index contributed by atoms with van der Waals surface area (Å²) < 4.78 is 6.82. The number of esters is 1. The molecular formula is C11H19N3O2. The Kier molecular flexibility index (Phi) is 3.70. The Bertz CT molecular complexity index is 366. The second-order valence-corrected chi connectivity index (χ2v) is 4.82. The normalized spacial score (nSPS) is 13.6. The number of rotatable bonds is 3. The number of nitrogens with zero attached hydrogens (tertiary/aromatic N) is 2. The molecule has 0 aliphatic rings. The Morgan fingerprint density at radius 1 is 1.62 bits per heavy atom. The van der Waals surface area contributed by atoms with Gasteiger partial charge in [-0.25, -0.2) is 0 Å². The van der Waals surface area contributed by atoms with Crippen LogP contribution in [0.5, 0.6) is 0 Å². The molecule has 16 heavy (non-hydrogen) atoms. The molecule has 0 aliphatic carbocycles. The van der Waals surface area contributed by atoms with Gasteiger partial charge in [0.1, 0.15) is 11.6 Å². The number of hydrogen-bond acceptors (Lipinski definition) is 4. The Hall–Kier alpha value is -1.36. The lowest BCUT2D eigenvalue weighted by atomic mass is 10.2. The fraction of sp³-hybridized carbons (Fsp3) is 0.636. The van der Waals surface area contributed by atoms with Gasteiger partial charge in [-0.3, -0.25) is 9.48 Å². The number of aryl methyl sites for hydroxylation is 1. The summed E-state index contributed by atoms with van der Waals surface area (Å²) in [6, 6.07) is 1.18. The first-order valence-electron chi connectivity index (χ1n) is 5.26. The molecule has 0 fully saturated rings. The minimum atomic E-state index is -0.682.